The molecule has 0 aliphatic rings. The first-order valence-electron chi connectivity index (χ1n) is 8.14. The first-order chi connectivity index (χ1) is 12.5. The van der Waals surface area contributed by atoms with Crippen LogP contribution in [0.3, 0.4) is 0 Å². The summed E-state index contributed by atoms with van der Waals surface area (Å²) in [7, 11) is 0. The van der Waals surface area contributed by atoms with Crippen LogP contribution in [0, 0.1) is 13.8 Å². The van der Waals surface area contributed by atoms with Crippen molar-refractivity contribution in [1.82, 2.24) is 9.97 Å². The molecule has 0 radical (unpaired) electrons. The Morgan fingerprint density at radius 3 is 2.73 bits per heavy atom. The molecule has 0 saturated carbocycles. The van der Waals surface area contributed by atoms with Crippen molar-refractivity contribution in [3.05, 3.63) is 69.8 Å². The molecule has 26 heavy (non-hydrogen) atoms. The van der Waals surface area contributed by atoms with Gasteiger partial charge in [0.05, 0.1) is 5.52 Å². The molecule has 0 spiro atoms. The van der Waals surface area contributed by atoms with Gasteiger partial charge in [-0.1, -0.05) is 18.2 Å². The Balaban J connectivity index is 1.78. The van der Waals surface area contributed by atoms with E-state index in [1.807, 2.05) is 31.2 Å². The minimum atomic E-state index is -0.425. The fraction of sp³-hybridized carbons (Fsp3) is 0.150. The van der Waals surface area contributed by atoms with E-state index in [0.717, 1.165) is 26.9 Å². The van der Waals surface area contributed by atoms with Crippen LogP contribution in [0.5, 0.6) is 5.75 Å². The first kappa shape index (κ1) is 16.6. The number of aromatic hydroxyl groups is 1. The fourth-order valence-electron chi connectivity index (χ4n) is 2.95. The van der Waals surface area contributed by atoms with E-state index in [-0.39, 0.29) is 5.75 Å². The van der Waals surface area contributed by atoms with Gasteiger partial charge < -0.3 is 9.52 Å². The summed E-state index contributed by atoms with van der Waals surface area (Å²) in [4.78, 5) is 21.0. The number of fused-ring (bicyclic) bond motifs is 2. The van der Waals surface area contributed by atoms with Gasteiger partial charge >= 0.3 is 5.63 Å². The zero-order valence-corrected chi connectivity index (χ0v) is 15.1. The number of hydrogen-bond donors (Lipinski definition) is 1. The third kappa shape index (κ3) is 2.93. The van der Waals surface area contributed by atoms with E-state index >= 15 is 0 Å². The number of hydrogen-bond acceptors (Lipinski definition) is 6. The Morgan fingerprint density at radius 1 is 1.08 bits per heavy atom. The quantitative estimate of drug-likeness (QED) is 0.331. The summed E-state index contributed by atoms with van der Waals surface area (Å²) in [5.74, 6) is 1.39. The molecular weight excluding hydrogens is 348 g/mol. The van der Waals surface area contributed by atoms with Crippen LogP contribution in [-0.4, -0.2) is 15.1 Å². The number of thioether (sulfide) groups is 1. The lowest BCUT2D eigenvalue weighted by Crippen LogP contribution is -2.01. The topological polar surface area (TPSA) is 76.2 Å². The number of rotatable bonds is 3. The fourth-order valence-corrected chi connectivity index (χ4v) is 4.01. The average Bonchev–Trinajstić information content (AvgIpc) is 2.62. The second-order valence-electron chi connectivity index (χ2n) is 6.06. The number of phenolic OH excluding ortho intramolecular Hbond substituents is 1. The minimum absolute atomic E-state index is 0.114. The molecule has 0 saturated heterocycles. The predicted molar refractivity (Wildman–Crippen MR) is 103 cm³/mol. The molecule has 0 aliphatic heterocycles. The molecular formula is C20H16N2O3S. The van der Waals surface area contributed by atoms with Crippen molar-refractivity contribution in [3.8, 4) is 5.75 Å². The third-order valence-corrected chi connectivity index (χ3v) is 5.30. The van der Waals surface area contributed by atoms with Gasteiger partial charge in [-0.3, -0.25) is 0 Å². The molecule has 130 valence electrons. The van der Waals surface area contributed by atoms with Crippen LogP contribution in [0.1, 0.15) is 17.0 Å². The maximum Gasteiger partial charge on any atom is 0.336 e. The molecule has 2 aromatic carbocycles. The average molecular weight is 364 g/mol. The van der Waals surface area contributed by atoms with Crippen molar-refractivity contribution in [2.24, 2.45) is 0 Å². The zero-order chi connectivity index (χ0) is 18.3. The molecule has 0 amide bonds. The standard InChI is InChI=1S/C20H16N2O3S/c1-11-17(23)8-7-14-13(9-18(24)25-19(11)14)10-26-20-15-5-3-4-6-16(15)21-12(2)22-20/h3-9,23H,10H2,1-2H3. The Morgan fingerprint density at radius 2 is 1.88 bits per heavy atom. The SMILES string of the molecule is Cc1nc(SCc2cc(=O)oc3c(C)c(O)ccc23)c2ccccc2n1. The largest absolute Gasteiger partial charge is 0.508 e. The Labute approximate surface area is 153 Å². The lowest BCUT2D eigenvalue weighted by atomic mass is 10.1. The van der Waals surface area contributed by atoms with E-state index in [0.29, 0.717) is 22.7 Å². The van der Waals surface area contributed by atoms with Crippen molar-refractivity contribution in [3.63, 3.8) is 0 Å². The van der Waals surface area contributed by atoms with Gasteiger partial charge in [0.2, 0.25) is 0 Å². The van der Waals surface area contributed by atoms with Crippen molar-refractivity contribution < 1.29 is 9.52 Å². The van der Waals surface area contributed by atoms with E-state index < -0.39 is 5.63 Å². The normalized spacial score (nSPS) is 11.3. The van der Waals surface area contributed by atoms with E-state index in [9.17, 15) is 9.90 Å². The highest BCUT2D eigenvalue weighted by Gasteiger charge is 2.12. The van der Waals surface area contributed by atoms with Crippen LogP contribution < -0.4 is 5.63 Å². The molecule has 0 atom stereocenters. The van der Waals surface area contributed by atoms with Gasteiger partial charge in [0.1, 0.15) is 22.2 Å². The maximum atomic E-state index is 12.0. The van der Waals surface area contributed by atoms with Crippen LogP contribution in [0.15, 0.2) is 56.7 Å². The highest BCUT2D eigenvalue weighted by atomic mass is 32.2. The van der Waals surface area contributed by atoms with Gasteiger partial charge in [-0.05, 0) is 37.6 Å². The highest BCUT2D eigenvalue weighted by molar-refractivity contribution is 7.98. The summed E-state index contributed by atoms with van der Waals surface area (Å²) in [6, 6.07) is 12.8. The summed E-state index contributed by atoms with van der Waals surface area (Å²) in [5.41, 5.74) is 2.32. The molecule has 2 heterocycles. The molecule has 5 nitrogen and oxygen atoms in total. The van der Waals surface area contributed by atoms with Crippen LogP contribution in [-0.2, 0) is 5.75 Å². The maximum absolute atomic E-state index is 12.0. The number of phenols is 1. The van der Waals surface area contributed by atoms with E-state index in [2.05, 4.69) is 9.97 Å². The highest BCUT2D eigenvalue weighted by Crippen LogP contribution is 2.32. The molecule has 0 unspecified atom stereocenters. The molecule has 2 aromatic heterocycles. The third-order valence-electron chi connectivity index (χ3n) is 4.26. The number of nitrogens with zero attached hydrogens (tertiary/aromatic N) is 2. The molecule has 0 aliphatic carbocycles. The number of para-hydroxylation sites is 1. The number of aromatic nitrogens is 2. The summed E-state index contributed by atoms with van der Waals surface area (Å²) < 4.78 is 5.30. The lowest BCUT2D eigenvalue weighted by Gasteiger charge is -2.09. The van der Waals surface area contributed by atoms with E-state index in [4.69, 9.17) is 4.42 Å². The smallest absolute Gasteiger partial charge is 0.336 e. The van der Waals surface area contributed by atoms with Crippen LogP contribution in [0.2, 0.25) is 0 Å². The Bertz CT molecular complexity index is 1200. The van der Waals surface area contributed by atoms with E-state index in [1.165, 1.54) is 6.07 Å². The molecule has 0 fully saturated rings. The molecule has 4 rings (SSSR count). The van der Waals surface area contributed by atoms with Gasteiger partial charge in [0.15, 0.2) is 0 Å². The van der Waals surface area contributed by atoms with Crippen LogP contribution >= 0.6 is 11.8 Å². The monoisotopic (exact) mass is 364 g/mol. The van der Waals surface area contributed by atoms with E-state index in [1.54, 1.807) is 30.8 Å². The first-order valence-corrected chi connectivity index (χ1v) is 9.13. The summed E-state index contributed by atoms with van der Waals surface area (Å²) in [6.45, 7) is 3.61. The van der Waals surface area contributed by atoms with Crippen molar-refractivity contribution in [2.45, 2.75) is 24.6 Å². The number of aryl methyl sites for hydroxylation is 2. The molecule has 6 heteroatoms. The van der Waals surface area contributed by atoms with Crippen LogP contribution in [0.25, 0.3) is 21.9 Å². The van der Waals surface area contributed by atoms with Crippen molar-refractivity contribution in [2.75, 3.05) is 0 Å². The summed E-state index contributed by atoms with van der Waals surface area (Å²) in [5, 5.41) is 12.6. The molecule has 4 aromatic rings. The molecule has 0 bridgehead atoms. The van der Waals surface area contributed by atoms with Crippen LogP contribution in [0.4, 0.5) is 0 Å². The van der Waals surface area contributed by atoms with Gasteiger partial charge in [0, 0.05) is 28.2 Å². The zero-order valence-electron chi connectivity index (χ0n) is 14.3. The lowest BCUT2D eigenvalue weighted by molar-refractivity contribution is 0.468. The van der Waals surface area contributed by atoms with Gasteiger partial charge in [-0.15, -0.1) is 11.8 Å². The Kier molecular flexibility index (Phi) is 4.12. The van der Waals surface area contributed by atoms with Crippen molar-refractivity contribution in [1.29, 1.82) is 0 Å². The summed E-state index contributed by atoms with van der Waals surface area (Å²) >= 11 is 1.56. The molecule has 1 N–H and O–H groups in total. The number of benzene rings is 2. The minimum Gasteiger partial charge on any atom is -0.508 e. The van der Waals surface area contributed by atoms with Gasteiger partial charge in [0.25, 0.3) is 0 Å². The van der Waals surface area contributed by atoms with Crippen molar-refractivity contribution >= 4 is 33.6 Å². The summed E-state index contributed by atoms with van der Waals surface area (Å²) in [6.07, 6.45) is 0. The predicted octanol–water partition coefficient (Wildman–Crippen LogP) is 4.35. The van der Waals surface area contributed by atoms with Gasteiger partial charge in [-0.2, -0.15) is 0 Å². The second-order valence-corrected chi connectivity index (χ2v) is 7.02. The second kappa shape index (κ2) is 6.46. The van der Waals surface area contributed by atoms with Gasteiger partial charge in [-0.25, -0.2) is 14.8 Å². The Hall–Kier alpha value is -2.86.